The zero-order valence-electron chi connectivity index (χ0n) is 17.1. The number of amides is 1. The molecule has 8 nitrogen and oxygen atoms in total. The fourth-order valence-electron chi connectivity index (χ4n) is 3.69. The Kier molecular flexibility index (Phi) is 6.02. The topological polar surface area (TPSA) is 93.0 Å². The molecule has 0 spiro atoms. The van der Waals surface area contributed by atoms with Crippen molar-refractivity contribution in [2.45, 2.75) is 38.6 Å². The third kappa shape index (κ3) is 4.32. The van der Waals surface area contributed by atoms with Gasteiger partial charge >= 0.3 is 0 Å². The molecule has 1 fully saturated rings. The van der Waals surface area contributed by atoms with Crippen LogP contribution in [-0.2, 0) is 11.2 Å². The van der Waals surface area contributed by atoms with E-state index < -0.39 is 6.04 Å². The summed E-state index contributed by atoms with van der Waals surface area (Å²) in [6.07, 6.45) is 7.12. The summed E-state index contributed by atoms with van der Waals surface area (Å²) in [7, 11) is 0. The van der Waals surface area contributed by atoms with Gasteiger partial charge in [0.15, 0.2) is 5.65 Å². The van der Waals surface area contributed by atoms with E-state index in [0.717, 1.165) is 37.9 Å². The fourth-order valence-corrected chi connectivity index (χ4v) is 3.69. The molecule has 1 atom stereocenters. The van der Waals surface area contributed by atoms with E-state index in [4.69, 9.17) is 0 Å². The Hall–Kier alpha value is -3.29. The van der Waals surface area contributed by atoms with Crippen LogP contribution in [0.4, 0.5) is 5.95 Å². The maximum absolute atomic E-state index is 12.9. The van der Waals surface area contributed by atoms with Gasteiger partial charge in [0.05, 0.1) is 0 Å². The number of anilines is 1. The van der Waals surface area contributed by atoms with Crippen molar-refractivity contribution in [1.82, 2.24) is 24.8 Å². The minimum atomic E-state index is -0.674. The molecule has 0 saturated carbocycles. The number of rotatable bonds is 6. The second kappa shape index (κ2) is 9.02. The molecule has 0 aliphatic carbocycles. The van der Waals surface area contributed by atoms with E-state index in [2.05, 4.69) is 25.2 Å². The van der Waals surface area contributed by atoms with Gasteiger partial charge < -0.3 is 10.2 Å². The molecule has 1 aromatic carbocycles. The van der Waals surface area contributed by atoms with Crippen molar-refractivity contribution in [3.8, 4) is 0 Å². The van der Waals surface area contributed by atoms with E-state index in [1.165, 1.54) is 23.5 Å². The summed E-state index contributed by atoms with van der Waals surface area (Å²) in [5.41, 5.74) is 1.20. The number of hydrogen-bond donors (Lipinski definition) is 1. The molecule has 1 N–H and O–H groups in total. The van der Waals surface area contributed by atoms with Crippen LogP contribution in [0.1, 0.15) is 37.8 Å². The Balaban J connectivity index is 1.47. The smallest absolute Gasteiger partial charge is 0.265 e. The van der Waals surface area contributed by atoms with E-state index in [9.17, 15) is 9.59 Å². The van der Waals surface area contributed by atoms with Crippen molar-refractivity contribution < 1.29 is 4.79 Å². The van der Waals surface area contributed by atoms with Crippen molar-refractivity contribution in [1.29, 1.82) is 0 Å². The molecule has 8 heteroatoms. The van der Waals surface area contributed by atoms with E-state index in [1.807, 2.05) is 30.3 Å². The van der Waals surface area contributed by atoms with Crippen LogP contribution < -0.4 is 15.8 Å². The Bertz CT molecular complexity index is 1080. The highest BCUT2D eigenvalue weighted by Crippen LogP contribution is 2.17. The van der Waals surface area contributed by atoms with E-state index in [0.29, 0.717) is 23.5 Å². The molecule has 0 bridgehead atoms. The first-order chi connectivity index (χ1) is 14.6. The van der Waals surface area contributed by atoms with Crippen LogP contribution >= 0.6 is 0 Å². The first kappa shape index (κ1) is 20.0. The van der Waals surface area contributed by atoms with E-state index in [1.54, 1.807) is 6.92 Å². The Morgan fingerprint density at radius 2 is 1.90 bits per heavy atom. The zero-order valence-corrected chi connectivity index (χ0v) is 17.1. The number of nitrogens with one attached hydrogen (secondary N) is 1. The SMILES string of the molecule is C[C@H](C(=O)NCCc1ccccc1)n1cnc2nc(N3CCCCC3)ncc2c1=O. The third-order valence-corrected chi connectivity index (χ3v) is 5.52. The largest absolute Gasteiger partial charge is 0.354 e. The predicted octanol–water partition coefficient (Wildman–Crippen LogP) is 2.10. The summed E-state index contributed by atoms with van der Waals surface area (Å²) in [5, 5.41) is 3.21. The summed E-state index contributed by atoms with van der Waals surface area (Å²) in [6, 6.07) is 9.27. The Morgan fingerprint density at radius 3 is 2.67 bits per heavy atom. The highest BCUT2D eigenvalue weighted by molar-refractivity contribution is 5.80. The lowest BCUT2D eigenvalue weighted by molar-refractivity contribution is -0.123. The first-order valence-electron chi connectivity index (χ1n) is 10.4. The maximum Gasteiger partial charge on any atom is 0.265 e. The normalized spacial score (nSPS) is 15.2. The van der Waals surface area contributed by atoms with Crippen LogP contribution in [0.15, 0.2) is 47.7 Å². The van der Waals surface area contributed by atoms with Crippen LogP contribution in [0, 0.1) is 0 Å². The first-order valence-corrected chi connectivity index (χ1v) is 10.4. The number of carbonyl (C=O) groups excluding carboxylic acids is 1. The van der Waals surface area contributed by atoms with Gasteiger partial charge in [-0.05, 0) is 38.2 Å². The van der Waals surface area contributed by atoms with Gasteiger partial charge in [-0.1, -0.05) is 30.3 Å². The van der Waals surface area contributed by atoms with Crippen molar-refractivity contribution in [2.24, 2.45) is 0 Å². The van der Waals surface area contributed by atoms with Crippen LogP contribution in [0.5, 0.6) is 0 Å². The lowest BCUT2D eigenvalue weighted by Crippen LogP contribution is -2.37. The number of fused-ring (bicyclic) bond motifs is 1. The van der Waals surface area contributed by atoms with E-state index in [-0.39, 0.29) is 11.5 Å². The average molecular weight is 406 g/mol. The van der Waals surface area contributed by atoms with Crippen LogP contribution in [0.25, 0.3) is 11.0 Å². The Labute approximate surface area is 175 Å². The predicted molar refractivity (Wildman–Crippen MR) is 116 cm³/mol. The number of nitrogens with zero attached hydrogens (tertiary/aromatic N) is 5. The van der Waals surface area contributed by atoms with Gasteiger partial charge in [-0.15, -0.1) is 0 Å². The van der Waals surface area contributed by atoms with Gasteiger partial charge in [0.2, 0.25) is 11.9 Å². The molecule has 1 aliphatic heterocycles. The van der Waals surface area contributed by atoms with Crippen molar-refractivity contribution in [3.05, 3.63) is 58.8 Å². The van der Waals surface area contributed by atoms with Gasteiger partial charge in [-0.3, -0.25) is 14.2 Å². The van der Waals surface area contributed by atoms with Crippen molar-refractivity contribution >= 4 is 22.9 Å². The molecule has 156 valence electrons. The molecule has 3 aromatic rings. The molecule has 1 aliphatic rings. The minimum absolute atomic E-state index is 0.222. The number of carbonyl (C=O) groups is 1. The summed E-state index contributed by atoms with van der Waals surface area (Å²) in [6.45, 7) is 4.03. The molecular weight excluding hydrogens is 380 g/mol. The highest BCUT2D eigenvalue weighted by Gasteiger charge is 2.19. The van der Waals surface area contributed by atoms with Gasteiger partial charge in [-0.25, -0.2) is 9.97 Å². The lowest BCUT2D eigenvalue weighted by atomic mass is 10.1. The molecule has 4 rings (SSSR count). The molecule has 3 heterocycles. The maximum atomic E-state index is 12.9. The average Bonchev–Trinajstić information content (AvgIpc) is 2.80. The second-order valence-corrected chi connectivity index (χ2v) is 7.61. The van der Waals surface area contributed by atoms with Gasteiger partial charge in [-0.2, -0.15) is 4.98 Å². The van der Waals surface area contributed by atoms with Crippen LogP contribution in [0.3, 0.4) is 0 Å². The van der Waals surface area contributed by atoms with Gasteiger partial charge in [0, 0.05) is 25.8 Å². The summed E-state index contributed by atoms with van der Waals surface area (Å²) in [5.74, 6) is 0.388. The summed E-state index contributed by atoms with van der Waals surface area (Å²) >= 11 is 0. The molecular formula is C22H26N6O2. The highest BCUT2D eigenvalue weighted by atomic mass is 16.2. The molecule has 0 unspecified atom stereocenters. The summed E-state index contributed by atoms with van der Waals surface area (Å²) in [4.78, 5) is 40.8. The minimum Gasteiger partial charge on any atom is -0.354 e. The lowest BCUT2D eigenvalue weighted by Gasteiger charge is -2.26. The number of hydrogen-bond acceptors (Lipinski definition) is 6. The van der Waals surface area contributed by atoms with Crippen molar-refractivity contribution in [2.75, 3.05) is 24.5 Å². The number of aromatic nitrogens is 4. The van der Waals surface area contributed by atoms with Crippen LogP contribution in [-0.4, -0.2) is 45.1 Å². The van der Waals surface area contributed by atoms with Gasteiger partial charge in [0.25, 0.3) is 5.56 Å². The van der Waals surface area contributed by atoms with Gasteiger partial charge in [0.1, 0.15) is 17.8 Å². The molecule has 30 heavy (non-hydrogen) atoms. The standard InChI is InChI=1S/C22H26N6O2/c1-16(20(29)23-11-10-17-8-4-2-5-9-17)28-15-25-19-18(21(28)30)14-24-22(26-19)27-12-6-3-7-13-27/h2,4-5,8-9,14-16H,3,6-7,10-13H2,1H3,(H,23,29)/t16-/m1/s1. The monoisotopic (exact) mass is 406 g/mol. The quantitative estimate of drug-likeness (QED) is 0.674. The molecule has 1 amide bonds. The van der Waals surface area contributed by atoms with Crippen molar-refractivity contribution in [3.63, 3.8) is 0 Å². The zero-order chi connectivity index (χ0) is 20.9. The van der Waals surface area contributed by atoms with Crippen LogP contribution in [0.2, 0.25) is 0 Å². The number of piperidine rings is 1. The fraction of sp³-hybridized carbons (Fsp3) is 0.409. The molecule has 1 saturated heterocycles. The summed E-state index contributed by atoms with van der Waals surface area (Å²) < 4.78 is 1.34. The second-order valence-electron chi connectivity index (χ2n) is 7.61. The van der Waals surface area contributed by atoms with E-state index >= 15 is 0 Å². The molecule has 0 radical (unpaired) electrons. The number of benzene rings is 1. The third-order valence-electron chi connectivity index (χ3n) is 5.52. The molecule has 2 aromatic heterocycles. The Morgan fingerprint density at radius 1 is 1.13 bits per heavy atom.